The molecule has 0 unspecified atom stereocenters. The van der Waals surface area contributed by atoms with Crippen molar-refractivity contribution in [1.82, 2.24) is 0 Å². The van der Waals surface area contributed by atoms with Crippen LogP contribution in [0.3, 0.4) is 0 Å². The van der Waals surface area contributed by atoms with Crippen LogP contribution in [0.5, 0.6) is 0 Å². The van der Waals surface area contributed by atoms with Gasteiger partial charge < -0.3 is 0 Å². The summed E-state index contributed by atoms with van der Waals surface area (Å²) < 4.78 is 24.0. The standard InChI is InChI=1S/C14H18O2S/c1-3-8-13(4-2)11-12-17(15,16)14-9-6-5-7-10-14/h3-10H,11-12H2,1-2H3/b8-3+,13-4-. The van der Waals surface area contributed by atoms with Crippen molar-refractivity contribution in [3.63, 3.8) is 0 Å². The normalized spacial score (nSPS) is 13.2. The fourth-order valence-electron chi connectivity index (χ4n) is 1.54. The highest BCUT2D eigenvalue weighted by atomic mass is 32.2. The minimum atomic E-state index is -3.16. The first-order valence-corrected chi connectivity index (χ1v) is 7.31. The highest BCUT2D eigenvalue weighted by Gasteiger charge is 2.13. The molecule has 17 heavy (non-hydrogen) atoms. The summed E-state index contributed by atoms with van der Waals surface area (Å²) in [5, 5.41) is 0. The van der Waals surface area contributed by atoms with Crippen molar-refractivity contribution in [2.45, 2.75) is 25.2 Å². The lowest BCUT2D eigenvalue weighted by atomic mass is 10.2. The van der Waals surface area contributed by atoms with Gasteiger partial charge in [-0.1, -0.05) is 42.0 Å². The van der Waals surface area contributed by atoms with Gasteiger partial charge in [-0.2, -0.15) is 0 Å². The molecule has 92 valence electrons. The Morgan fingerprint density at radius 2 is 1.82 bits per heavy atom. The molecule has 0 saturated heterocycles. The van der Waals surface area contributed by atoms with Gasteiger partial charge in [-0.15, -0.1) is 0 Å². The van der Waals surface area contributed by atoms with Crippen molar-refractivity contribution in [3.8, 4) is 0 Å². The summed E-state index contributed by atoms with van der Waals surface area (Å²) in [5.41, 5.74) is 1.05. The Balaban J connectivity index is 2.76. The Morgan fingerprint density at radius 3 is 2.35 bits per heavy atom. The molecule has 0 aromatic heterocycles. The van der Waals surface area contributed by atoms with Gasteiger partial charge >= 0.3 is 0 Å². The Labute approximate surface area is 104 Å². The molecule has 0 aliphatic rings. The van der Waals surface area contributed by atoms with E-state index < -0.39 is 9.84 Å². The molecule has 0 amide bonds. The van der Waals surface area contributed by atoms with Crippen LogP contribution in [0, 0.1) is 0 Å². The van der Waals surface area contributed by atoms with E-state index in [1.807, 2.05) is 38.1 Å². The van der Waals surface area contributed by atoms with Crippen LogP contribution in [0.25, 0.3) is 0 Å². The van der Waals surface area contributed by atoms with Gasteiger partial charge in [-0.3, -0.25) is 0 Å². The molecule has 0 spiro atoms. The molecule has 0 saturated carbocycles. The molecule has 0 bridgehead atoms. The van der Waals surface area contributed by atoms with E-state index in [2.05, 4.69) is 0 Å². The van der Waals surface area contributed by atoms with E-state index in [0.717, 1.165) is 5.57 Å². The lowest BCUT2D eigenvalue weighted by molar-refractivity contribution is 0.595. The van der Waals surface area contributed by atoms with Crippen molar-refractivity contribution in [2.75, 3.05) is 5.75 Å². The molecular formula is C14H18O2S. The molecular weight excluding hydrogens is 232 g/mol. The summed E-state index contributed by atoms with van der Waals surface area (Å²) in [6.45, 7) is 3.85. The summed E-state index contributed by atoms with van der Waals surface area (Å²) in [6, 6.07) is 8.58. The van der Waals surface area contributed by atoms with E-state index in [-0.39, 0.29) is 5.75 Å². The zero-order valence-electron chi connectivity index (χ0n) is 10.3. The average Bonchev–Trinajstić information content (AvgIpc) is 2.35. The third kappa shape index (κ3) is 4.19. The summed E-state index contributed by atoms with van der Waals surface area (Å²) in [6.07, 6.45) is 6.36. The van der Waals surface area contributed by atoms with Crippen molar-refractivity contribution in [3.05, 3.63) is 54.1 Å². The number of hydrogen-bond donors (Lipinski definition) is 0. The van der Waals surface area contributed by atoms with Crippen LogP contribution in [0.4, 0.5) is 0 Å². The number of allylic oxidation sites excluding steroid dienone is 4. The van der Waals surface area contributed by atoms with Crippen molar-refractivity contribution in [2.24, 2.45) is 0 Å². The fourth-order valence-corrected chi connectivity index (χ4v) is 2.85. The maximum Gasteiger partial charge on any atom is 0.178 e. The van der Waals surface area contributed by atoms with Crippen LogP contribution in [-0.2, 0) is 9.84 Å². The number of sulfone groups is 1. The third-order valence-electron chi connectivity index (χ3n) is 2.51. The van der Waals surface area contributed by atoms with Crippen molar-refractivity contribution < 1.29 is 8.42 Å². The molecule has 0 fully saturated rings. The summed E-state index contributed by atoms with van der Waals surface area (Å²) >= 11 is 0. The molecule has 0 heterocycles. The Hall–Kier alpha value is -1.35. The highest BCUT2D eigenvalue weighted by Crippen LogP contribution is 2.14. The minimum Gasteiger partial charge on any atom is -0.224 e. The van der Waals surface area contributed by atoms with Crippen LogP contribution >= 0.6 is 0 Å². The van der Waals surface area contributed by atoms with Gasteiger partial charge in [-0.25, -0.2) is 8.42 Å². The number of rotatable bonds is 5. The molecule has 3 heteroatoms. The summed E-state index contributed by atoms with van der Waals surface area (Å²) in [4.78, 5) is 0.399. The molecule has 0 aliphatic carbocycles. The van der Waals surface area contributed by atoms with Crippen LogP contribution in [0.1, 0.15) is 20.3 Å². The first-order valence-electron chi connectivity index (χ1n) is 5.66. The van der Waals surface area contributed by atoms with Gasteiger partial charge in [0.1, 0.15) is 0 Å². The Bertz CT molecular complexity index is 496. The number of hydrogen-bond acceptors (Lipinski definition) is 2. The van der Waals surface area contributed by atoms with Gasteiger partial charge in [0.25, 0.3) is 0 Å². The van der Waals surface area contributed by atoms with Crippen LogP contribution in [0.2, 0.25) is 0 Å². The van der Waals surface area contributed by atoms with E-state index >= 15 is 0 Å². The van der Waals surface area contributed by atoms with E-state index in [1.54, 1.807) is 24.3 Å². The molecule has 0 atom stereocenters. The molecule has 0 N–H and O–H groups in total. The average molecular weight is 250 g/mol. The Morgan fingerprint density at radius 1 is 1.18 bits per heavy atom. The van der Waals surface area contributed by atoms with Crippen molar-refractivity contribution >= 4 is 9.84 Å². The SMILES string of the molecule is C/C=C/C(=C/C)CCS(=O)(=O)c1ccccc1. The zero-order valence-corrected chi connectivity index (χ0v) is 11.1. The second-order valence-corrected chi connectivity index (χ2v) is 5.85. The van der Waals surface area contributed by atoms with Crippen molar-refractivity contribution in [1.29, 1.82) is 0 Å². The quantitative estimate of drug-likeness (QED) is 0.751. The molecule has 0 radical (unpaired) electrons. The topological polar surface area (TPSA) is 34.1 Å². The molecule has 1 aromatic rings. The fraction of sp³-hybridized carbons (Fsp3) is 0.286. The van der Waals surface area contributed by atoms with Gasteiger partial charge in [0, 0.05) is 0 Å². The van der Waals surface area contributed by atoms with Crippen LogP contribution in [-0.4, -0.2) is 14.2 Å². The predicted octanol–water partition coefficient (Wildman–Crippen LogP) is 3.37. The van der Waals surface area contributed by atoms with Gasteiger partial charge in [0.05, 0.1) is 10.6 Å². The molecule has 0 aliphatic heterocycles. The predicted molar refractivity (Wildman–Crippen MR) is 71.7 cm³/mol. The largest absolute Gasteiger partial charge is 0.224 e. The Kier molecular flexibility index (Phi) is 5.16. The van der Waals surface area contributed by atoms with E-state index in [0.29, 0.717) is 11.3 Å². The van der Waals surface area contributed by atoms with E-state index in [9.17, 15) is 8.42 Å². The van der Waals surface area contributed by atoms with E-state index in [1.165, 1.54) is 0 Å². The lowest BCUT2D eigenvalue weighted by Crippen LogP contribution is -2.07. The summed E-state index contributed by atoms with van der Waals surface area (Å²) in [7, 11) is -3.16. The summed E-state index contributed by atoms with van der Waals surface area (Å²) in [5.74, 6) is 0.154. The monoisotopic (exact) mass is 250 g/mol. The van der Waals surface area contributed by atoms with Crippen LogP contribution < -0.4 is 0 Å². The maximum atomic E-state index is 12.0. The number of benzene rings is 1. The minimum absolute atomic E-state index is 0.154. The highest BCUT2D eigenvalue weighted by molar-refractivity contribution is 7.91. The zero-order chi connectivity index (χ0) is 12.7. The maximum absolute atomic E-state index is 12.0. The molecule has 1 aromatic carbocycles. The smallest absolute Gasteiger partial charge is 0.178 e. The first kappa shape index (κ1) is 13.7. The van der Waals surface area contributed by atoms with Gasteiger partial charge in [0.15, 0.2) is 9.84 Å². The lowest BCUT2D eigenvalue weighted by Gasteiger charge is -2.04. The van der Waals surface area contributed by atoms with Gasteiger partial charge in [-0.05, 0) is 32.4 Å². The second-order valence-electron chi connectivity index (χ2n) is 3.75. The van der Waals surface area contributed by atoms with E-state index in [4.69, 9.17) is 0 Å². The first-order chi connectivity index (χ1) is 8.10. The second kappa shape index (κ2) is 6.40. The van der Waals surface area contributed by atoms with Crippen LogP contribution in [0.15, 0.2) is 59.0 Å². The van der Waals surface area contributed by atoms with Gasteiger partial charge in [0.2, 0.25) is 0 Å². The molecule has 1 rings (SSSR count). The molecule has 2 nitrogen and oxygen atoms in total. The third-order valence-corrected chi connectivity index (χ3v) is 4.25.